The van der Waals surface area contributed by atoms with E-state index in [4.69, 9.17) is 5.73 Å². The lowest BCUT2D eigenvalue weighted by Crippen LogP contribution is -2.07. The average Bonchev–Trinajstić information content (AvgIpc) is 2.19. The molecule has 1 aromatic carbocycles. The second-order valence-electron chi connectivity index (χ2n) is 3.55. The van der Waals surface area contributed by atoms with Crippen molar-refractivity contribution in [3.63, 3.8) is 0 Å². The molecule has 4 heteroatoms. The molecule has 88 valence electrons. The molecule has 0 aliphatic heterocycles. The van der Waals surface area contributed by atoms with Crippen LogP contribution in [0.1, 0.15) is 23.1 Å². The zero-order chi connectivity index (χ0) is 12.2. The Morgan fingerprint density at radius 1 is 1.31 bits per heavy atom. The summed E-state index contributed by atoms with van der Waals surface area (Å²) < 4.78 is 37.7. The van der Waals surface area contributed by atoms with Gasteiger partial charge in [0.15, 0.2) is 0 Å². The van der Waals surface area contributed by atoms with Crippen molar-refractivity contribution in [2.75, 3.05) is 6.54 Å². The smallest absolute Gasteiger partial charge is 0.330 e. The fourth-order valence-corrected chi connectivity index (χ4v) is 1.36. The van der Waals surface area contributed by atoms with Crippen LogP contribution in [-0.2, 0) is 6.18 Å². The molecule has 1 nitrogen and oxygen atoms in total. The molecule has 0 amide bonds. The summed E-state index contributed by atoms with van der Waals surface area (Å²) >= 11 is 0. The molecule has 0 saturated carbocycles. The van der Waals surface area contributed by atoms with Gasteiger partial charge in [-0.15, -0.1) is 0 Å². The van der Waals surface area contributed by atoms with Crippen molar-refractivity contribution in [2.24, 2.45) is 5.73 Å². The molecule has 0 saturated heterocycles. The Kier molecular flexibility index (Phi) is 4.12. The predicted molar refractivity (Wildman–Crippen MR) is 58.9 cm³/mol. The molecule has 0 radical (unpaired) electrons. The summed E-state index contributed by atoms with van der Waals surface area (Å²) in [6.07, 6.45) is -0.205. The summed E-state index contributed by atoms with van der Waals surface area (Å²) in [5.74, 6) is 0. The van der Waals surface area contributed by atoms with Crippen LogP contribution in [0.25, 0.3) is 6.08 Å². The van der Waals surface area contributed by atoms with E-state index in [-0.39, 0.29) is 5.56 Å². The minimum atomic E-state index is -4.29. The van der Waals surface area contributed by atoms with E-state index in [1.54, 1.807) is 18.2 Å². The standard InChI is InChI=1S/C12H14F3N/c1-9-5-6-10(4-2-3-7-16)8-11(9)12(13,14)15/h2,4-6,8H,3,7,16H2,1H3. The maximum absolute atomic E-state index is 12.6. The third kappa shape index (κ3) is 3.38. The third-order valence-electron chi connectivity index (χ3n) is 2.21. The van der Waals surface area contributed by atoms with Crippen molar-refractivity contribution in [2.45, 2.75) is 19.5 Å². The summed E-state index contributed by atoms with van der Waals surface area (Å²) in [5.41, 5.74) is 5.49. The molecule has 0 spiro atoms. The van der Waals surface area contributed by atoms with Crippen LogP contribution in [0.3, 0.4) is 0 Å². The van der Waals surface area contributed by atoms with Crippen molar-refractivity contribution in [1.29, 1.82) is 0 Å². The van der Waals surface area contributed by atoms with Gasteiger partial charge in [0.1, 0.15) is 0 Å². The van der Waals surface area contributed by atoms with Crippen LogP contribution in [0.5, 0.6) is 0 Å². The van der Waals surface area contributed by atoms with E-state index in [1.165, 1.54) is 13.0 Å². The zero-order valence-electron chi connectivity index (χ0n) is 9.01. The van der Waals surface area contributed by atoms with E-state index < -0.39 is 11.7 Å². The molecular formula is C12H14F3N. The van der Waals surface area contributed by atoms with Crippen molar-refractivity contribution in [3.8, 4) is 0 Å². The second-order valence-corrected chi connectivity index (χ2v) is 3.55. The van der Waals surface area contributed by atoms with Crippen molar-refractivity contribution in [1.82, 2.24) is 0 Å². The minimum absolute atomic E-state index is 0.239. The van der Waals surface area contributed by atoms with Crippen LogP contribution in [0.15, 0.2) is 24.3 Å². The van der Waals surface area contributed by atoms with Gasteiger partial charge in [-0.1, -0.05) is 24.3 Å². The van der Waals surface area contributed by atoms with Gasteiger partial charge < -0.3 is 5.73 Å². The summed E-state index contributed by atoms with van der Waals surface area (Å²) in [6, 6.07) is 4.30. The van der Waals surface area contributed by atoms with Gasteiger partial charge in [-0.25, -0.2) is 0 Å². The normalized spacial score (nSPS) is 12.3. The van der Waals surface area contributed by atoms with E-state index in [0.717, 1.165) is 6.07 Å². The lowest BCUT2D eigenvalue weighted by Gasteiger charge is -2.10. The first-order valence-electron chi connectivity index (χ1n) is 4.99. The average molecular weight is 229 g/mol. The van der Waals surface area contributed by atoms with Gasteiger partial charge in [-0.05, 0) is 37.1 Å². The summed E-state index contributed by atoms with van der Waals surface area (Å²) in [4.78, 5) is 0. The second kappa shape index (κ2) is 5.16. The Balaban J connectivity index is 2.99. The number of halogens is 3. The van der Waals surface area contributed by atoms with Crippen LogP contribution < -0.4 is 5.73 Å². The number of rotatable bonds is 3. The summed E-state index contributed by atoms with van der Waals surface area (Å²) in [5, 5.41) is 0. The van der Waals surface area contributed by atoms with Crippen LogP contribution in [0.4, 0.5) is 13.2 Å². The predicted octanol–water partition coefficient (Wildman–Crippen LogP) is 3.38. The van der Waals surface area contributed by atoms with E-state index >= 15 is 0 Å². The highest BCUT2D eigenvalue weighted by atomic mass is 19.4. The van der Waals surface area contributed by atoms with Crippen LogP contribution >= 0.6 is 0 Å². The van der Waals surface area contributed by atoms with E-state index in [9.17, 15) is 13.2 Å². The molecule has 0 aliphatic rings. The highest BCUT2D eigenvalue weighted by Crippen LogP contribution is 2.32. The van der Waals surface area contributed by atoms with Crippen molar-refractivity contribution in [3.05, 3.63) is 41.0 Å². The number of hydrogen-bond acceptors (Lipinski definition) is 1. The van der Waals surface area contributed by atoms with Gasteiger partial charge in [-0.3, -0.25) is 0 Å². The first kappa shape index (κ1) is 12.8. The Labute approximate surface area is 92.8 Å². The van der Waals surface area contributed by atoms with E-state index in [1.807, 2.05) is 0 Å². The molecule has 0 fully saturated rings. The summed E-state index contributed by atoms with van der Waals surface area (Å²) in [7, 11) is 0. The maximum Gasteiger partial charge on any atom is 0.416 e. The molecule has 0 atom stereocenters. The SMILES string of the molecule is Cc1ccc(C=CCCN)cc1C(F)(F)F. The third-order valence-corrected chi connectivity index (χ3v) is 2.21. The van der Waals surface area contributed by atoms with Crippen LogP contribution in [-0.4, -0.2) is 6.54 Å². The van der Waals surface area contributed by atoms with Crippen molar-refractivity contribution < 1.29 is 13.2 Å². The van der Waals surface area contributed by atoms with Gasteiger partial charge in [-0.2, -0.15) is 13.2 Å². The number of aryl methyl sites for hydroxylation is 1. The zero-order valence-corrected chi connectivity index (χ0v) is 9.01. The van der Waals surface area contributed by atoms with E-state index in [2.05, 4.69) is 0 Å². The maximum atomic E-state index is 12.6. The minimum Gasteiger partial charge on any atom is -0.330 e. The number of benzene rings is 1. The number of alkyl halides is 3. The molecule has 1 rings (SSSR count). The Hall–Kier alpha value is -1.29. The first-order chi connectivity index (χ1) is 7.45. The molecule has 16 heavy (non-hydrogen) atoms. The fraction of sp³-hybridized carbons (Fsp3) is 0.333. The van der Waals surface area contributed by atoms with E-state index in [0.29, 0.717) is 18.5 Å². The molecule has 0 bridgehead atoms. The highest BCUT2D eigenvalue weighted by Gasteiger charge is 2.32. The Bertz CT molecular complexity index is 380. The first-order valence-corrected chi connectivity index (χ1v) is 4.99. The fourth-order valence-electron chi connectivity index (χ4n) is 1.36. The number of nitrogens with two attached hydrogens (primary N) is 1. The molecule has 0 heterocycles. The molecule has 0 aromatic heterocycles. The quantitative estimate of drug-likeness (QED) is 0.844. The Morgan fingerprint density at radius 2 is 2.00 bits per heavy atom. The molecular weight excluding hydrogens is 215 g/mol. The lowest BCUT2D eigenvalue weighted by atomic mass is 10.0. The lowest BCUT2D eigenvalue weighted by molar-refractivity contribution is -0.138. The highest BCUT2D eigenvalue weighted by molar-refractivity contribution is 5.52. The molecule has 2 N–H and O–H groups in total. The van der Waals surface area contributed by atoms with Gasteiger partial charge in [0.05, 0.1) is 5.56 Å². The van der Waals surface area contributed by atoms with Gasteiger partial charge in [0.25, 0.3) is 0 Å². The van der Waals surface area contributed by atoms with Crippen LogP contribution in [0.2, 0.25) is 0 Å². The molecule has 0 aliphatic carbocycles. The van der Waals surface area contributed by atoms with Gasteiger partial charge in [0, 0.05) is 0 Å². The van der Waals surface area contributed by atoms with Gasteiger partial charge >= 0.3 is 6.18 Å². The largest absolute Gasteiger partial charge is 0.416 e. The monoisotopic (exact) mass is 229 g/mol. The number of hydrogen-bond donors (Lipinski definition) is 1. The molecule has 1 aromatic rings. The van der Waals surface area contributed by atoms with Crippen molar-refractivity contribution >= 4 is 6.08 Å². The topological polar surface area (TPSA) is 26.0 Å². The summed E-state index contributed by atoms with van der Waals surface area (Å²) in [6.45, 7) is 1.95. The van der Waals surface area contributed by atoms with Gasteiger partial charge in [0.2, 0.25) is 0 Å². The molecule has 0 unspecified atom stereocenters. The van der Waals surface area contributed by atoms with Crippen LogP contribution in [0, 0.1) is 6.92 Å². The Morgan fingerprint density at radius 3 is 2.56 bits per heavy atom.